The molecule has 14 rings (SSSR count). The Labute approximate surface area is 746 Å². The lowest BCUT2D eigenvalue weighted by atomic mass is 9.90. The normalized spacial score (nSPS) is 20.9. The van der Waals surface area contributed by atoms with E-state index < -0.39 is 83.6 Å². The number of amides is 7. The minimum absolute atomic E-state index is 0.0924. The van der Waals surface area contributed by atoms with Gasteiger partial charge in [-0.3, -0.25) is 38.5 Å². The van der Waals surface area contributed by atoms with Crippen LogP contribution in [0.2, 0.25) is 0 Å². The average molecular weight is 1770 g/mol. The van der Waals surface area contributed by atoms with Crippen molar-refractivity contribution in [3.8, 4) is 0 Å². The van der Waals surface area contributed by atoms with Crippen molar-refractivity contribution in [2.24, 2.45) is 35.0 Å². The molecule has 128 heavy (non-hydrogen) atoms. The molecule has 13 N–H and O–H groups in total. The lowest BCUT2D eigenvalue weighted by Gasteiger charge is -2.36. The van der Waals surface area contributed by atoms with E-state index in [0.717, 1.165) is 118 Å². The minimum Gasteiger partial charge on any atom is -0.458 e. The number of H-pyrrole nitrogens is 3. The number of hydrogen-bond acceptors (Lipinski definition) is 18. The second kappa shape index (κ2) is 45.3. The molecule has 0 bridgehead atoms. The van der Waals surface area contributed by atoms with E-state index >= 15 is 0 Å². The molecule has 5 aliphatic rings. The molecule has 5 aliphatic heterocycles. The number of nitrogens with one attached hydrogen (secondary N) is 7. The molecule has 10 atom stereocenters. The number of halogens is 3. The van der Waals surface area contributed by atoms with E-state index in [0.29, 0.717) is 91.3 Å². The minimum atomic E-state index is -1.07. The van der Waals surface area contributed by atoms with Crippen molar-refractivity contribution in [2.45, 2.75) is 184 Å². The van der Waals surface area contributed by atoms with Crippen molar-refractivity contribution >= 4 is 85.7 Å². The Morgan fingerprint density at radius 3 is 1.45 bits per heavy atom. The monoisotopic (exact) mass is 1770 g/mol. The molecule has 6 aromatic carbocycles. The van der Waals surface area contributed by atoms with Crippen molar-refractivity contribution < 1.29 is 75.2 Å². The molecule has 9 aromatic rings. The van der Waals surface area contributed by atoms with Gasteiger partial charge in [0, 0.05) is 134 Å². The van der Waals surface area contributed by atoms with Gasteiger partial charge in [-0.05, 0) is 174 Å². The first-order chi connectivity index (χ1) is 61.4. The number of unbranched alkanes of at least 4 members (excludes halogenated alkanes) is 1. The molecular formula is C97H126F3N15O13. The first-order valence-electron chi connectivity index (χ1n) is 44.7. The van der Waals surface area contributed by atoms with Gasteiger partial charge in [0.15, 0.2) is 12.6 Å². The quantitative estimate of drug-likeness (QED) is 0.0148. The van der Waals surface area contributed by atoms with Crippen LogP contribution in [0.25, 0.3) is 32.7 Å². The van der Waals surface area contributed by atoms with Crippen LogP contribution in [0.3, 0.4) is 0 Å². The molecule has 3 aromatic heterocycles. The van der Waals surface area contributed by atoms with Gasteiger partial charge in [0.25, 0.3) is 0 Å². The highest BCUT2D eigenvalue weighted by atomic mass is 19.1. The number of aromatic nitrogens is 3. The third-order valence-electron chi connectivity index (χ3n) is 24.6. The van der Waals surface area contributed by atoms with Gasteiger partial charge >= 0.3 is 5.97 Å². The van der Waals surface area contributed by atoms with Crippen LogP contribution in [0.4, 0.5) is 18.9 Å². The van der Waals surface area contributed by atoms with Gasteiger partial charge in [-0.15, -0.1) is 0 Å². The van der Waals surface area contributed by atoms with E-state index in [9.17, 15) is 51.5 Å². The van der Waals surface area contributed by atoms with Crippen LogP contribution in [-0.2, 0) is 75.0 Å². The summed E-state index contributed by atoms with van der Waals surface area (Å²) >= 11 is 0. The Balaban J connectivity index is 0.000000175. The van der Waals surface area contributed by atoms with E-state index in [2.05, 4.69) is 58.2 Å². The van der Waals surface area contributed by atoms with E-state index in [1.807, 2.05) is 136 Å². The number of likely N-dealkylation sites (N-methyl/N-ethyl adjacent to an activating group) is 2. The Kier molecular flexibility index (Phi) is 34.0. The van der Waals surface area contributed by atoms with Crippen molar-refractivity contribution in [1.82, 2.24) is 55.8 Å². The topological polar surface area (TPSA) is 372 Å². The summed E-state index contributed by atoms with van der Waals surface area (Å²) in [6.45, 7) is 17.5. The number of esters is 1. The van der Waals surface area contributed by atoms with Crippen molar-refractivity contribution in [3.05, 3.63) is 209 Å². The van der Waals surface area contributed by atoms with E-state index in [1.54, 1.807) is 50.7 Å². The molecule has 0 aliphatic carbocycles. The molecule has 4 unspecified atom stereocenters. The summed E-state index contributed by atoms with van der Waals surface area (Å²) in [4.78, 5) is 128. The molecule has 0 spiro atoms. The highest BCUT2D eigenvalue weighted by Gasteiger charge is 2.41. The van der Waals surface area contributed by atoms with Crippen molar-refractivity contribution in [1.29, 1.82) is 0 Å². The van der Waals surface area contributed by atoms with E-state index in [-0.39, 0.29) is 103 Å². The van der Waals surface area contributed by atoms with Crippen LogP contribution in [0.15, 0.2) is 164 Å². The van der Waals surface area contributed by atoms with Gasteiger partial charge in [0.05, 0.1) is 75.8 Å². The first kappa shape index (κ1) is 96.1. The maximum atomic E-state index is 14.1. The Morgan fingerprint density at radius 2 is 0.961 bits per heavy atom. The number of para-hydroxylation sites is 4. The van der Waals surface area contributed by atoms with Crippen LogP contribution in [0, 0.1) is 35.2 Å². The van der Waals surface area contributed by atoms with Crippen molar-refractivity contribution in [3.63, 3.8) is 0 Å². The fourth-order valence-electron chi connectivity index (χ4n) is 17.6. The number of rotatable bonds is 30. The van der Waals surface area contributed by atoms with E-state index in [1.165, 1.54) is 17.0 Å². The number of likely N-dealkylation sites (tertiary alicyclic amines) is 2. The third-order valence-corrected chi connectivity index (χ3v) is 24.6. The van der Waals surface area contributed by atoms with Crippen LogP contribution in [0.1, 0.15) is 145 Å². The number of anilines is 1. The summed E-state index contributed by atoms with van der Waals surface area (Å²) in [5.41, 5.74) is 24.4. The third kappa shape index (κ3) is 26.2. The van der Waals surface area contributed by atoms with Gasteiger partial charge in [-0.25, -0.2) is 18.0 Å². The Morgan fingerprint density at radius 1 is 0.516 bits per heavy atom. The number of nitrogens with zero attached hydrogens (tertiary/aromatic N) is 5. The molecule has 8 heterocycles. The highest BCUT2D eigenvalue weighted by molar-refractivity contribution is 5.95. The number of ether oxygens (including phenoxy) is 5. The summed E-state index contributed by atoms with van der Waals surface area (Å²) in [6, 6.07) is 39.4. The second-order valence-electron chi connectivity index (χ2n) is 35.7. The molecule has 5 fully saturated rings. The lowest BCUT2D eigenvalue weighted by Crippen LogP contribution is -2.56. The van der Waals surface area contributed by atoms with Crippen LogP contribution in [-0.4, -0.2) is 236 Å². The number of carbonyl (C=O) groups excluding carboxylic acids is 8. The van der Waals surface area contributed by atoms with Gasteiger partial charge in [-0.2, -0.15) is 0 Å². The second-order valence-corrected chi connectivity index (χ2v) is 35.7. The maximum absolute atomic E-state index is 14.1. The lowest BCUT2D eigenvalue weighted by molar-refractivity contribution is -0.193. The number of carbonyl (C=O) groups is 8. The molecule has 28 nitrogen and oxygen atoms in total. The molecule has 5 saturated heterocycles. The number of fused-ring (bicyclic) bond motifs is 3. The molecule has 0 saturated carbocycles. The molecule has 7 amide bonds. The highest BCUT2D eigenvalue weighted by Crippen LogP contribution is 2.35. The first-order valence-corrected chi connectivity index (χ1v) is 44.7. The summed E-state index contributed by atoms with van der Waals surface area (Å²) in [7, 11) is 3.43. The molecule has 31 heteroatoms. The van der Waals surface area contributed by atoms with Gasteiger partial charge in [0.2, 0.25) is 41.4 Å². The zero-order valence-electron chi connectivity index (χ0n) is 74.6. The predicted octanol–water partition coefficient (Wildman–Crippen LogP) is 10.3. The number of nitrogens with two attached hydrogens (primary N) is 3. The SMILES string of the molecule is C[C@@H](c1c[nH]c2ccccc12)[C@@H](NC(=O)C1CCCN(C(=O)Cc2cc(F)cc(F)c2)C1)C(=O)NC(CCCCN)C(=O)OC(C)(C)C.C[C@@H](c1c[nH]c2ccccc12)[C@@H](NC(=O)C1CCCN(Cc2cccc(F)c2)C1)C(=O)N(C)CC1OCC(N)CO1.C[C@@H](c1c[nH]c2ccccc12)[C@@H](NC(=O)C1CCCN(c2ccccc2)C1)C(=O)N(C)CC1OCC(N)CO1. The largest absolute Gasteiger partial charge is 0.458 e. The average Bonchev–Trinajstić information content (AvgIpc) is 1.62. The smallest absolute Gasteiger partial charge is 0.329 e. The molecular weight excluding hydrogens is 1640 g/mol. The number of benzene rings is 6. The summed E-state index contributed by atoms with van der Waals surface area (Å²) in [6.07, 6.45) is 10.2. The molecule has 0 radical (unpaired) electrons. The zero-order chi connectivity index (χ0) is 91.3. The summed E-state index contributed by atoms with van der Waals surface area (Å²) in [5.74, 6) is -6.51. The van der Waals surface area contributed by atoms with Crippen LogP contribution < -0.4 is 43.4 Å². The van der Waals surface area contributed by atoms with Crippen molar-refractivity contribution in [2.75, 3.05) is 104 Å². The summed E-state index contributed by atoms with van der Waals surface area (Å²) < 4.78 is 69.4. The van der Waals surface area contributed by atoms with E-state index in [4.69, 9.17) is 40.9 Å². The number of piperidine rings is 3. The zero-order valence-corrected chi connectivity index (χ0v) is 74.6. The fraction of sp³-hybridized carbons (Fsp3) is 0.485. The van der Waals surface area contributed by atoms with Gasteiger partial charge in [0.1, 0.15) is 47.2 Å². The molecule has 688 valence electrons. The number of aromatic amines is 3. The number of hydrogen-bond donors (Lipinski definition) is 10. The van der Waals surface area contributed by atoms with Crippen LogP contribution >= 0.6 is 0 Å². The Bertz CT molecular complexity index is 5180. The van der Waals surface area contributed by atoms with Gasteiger partial charge in [-0.1, -0.05) is 106 Å². The standard InChI is InChI=1S/C36H47F2N5O5.C31H40FN5O4.C30H39N5O4/c1-22(28-20-40-29-12-6-5-11-27(28)29)32(34(46)41-30(13-7-8-14-39)35(47)48-36(2,3)4)42-33(45)24-10-9-15-43(21-24)31(44)18-23-16-25(37)19-26(38)17-23;1-20(26-14-34-27-11-4-3-10-25(26)27)29(31(39)36(2)17-28-40-18-24(33)19-41-28)35-30(38)22-8-6-12-37(16-22)15-21-7-5-9-23(32)13-21;1-20(25-15-32-26-13-7-6-12-24(25)26)28(30(37)34(2)17-27-38-18-22(31)19-39-27)33-29(36)21-9-8-14-35(16-21)23-10-4-3-5-11-23/h5-6,11-12,16-17,19-20,22,24,30,32,40H,7-10,13-15,18,21,39H2,1-4H3,(H,41,46)(H,42,45);3-5,7,9-11,13-14,20,22,24,28-29,34H,6,8,12,15-19,33H2,1-2H3,(H,35,38);3-7,10-13,15,20-22,27-28,32H,8-9,14,16-19,31H2,1-2H3,(H,33,36)/t22-,24?,30?,32+;20-,22?,24?,28?,29+;20-,21?,22?,27?,28+/m000/s1. The van der Waals surface area contributed by atoms with Gasteiger partial charge < -0.3 is 96.7 Å². The Hall–Kier alpha value is -11.0. The fourth-order valence-corrected chi connectivity index (χ4v) is 17.6. The van der Waals surface area contributed by atoms with Crippen LogP contribution in [0.5, 0.6) is 0 Å². The summed E-state index contributed by atoms with van der Waals surface area (Å²) in [5, 5.41) is 15.0. The maximum Gasteiger partial charge on any atom is 0.329 e. The predicted molar refractivity (Wildman–Crippen MR) is 484 cm³/mol.